The van der Waals surface area contributed by atoms with E-state index in [2.05, 4.69) is 15.9 Å². The van der Waals surface area contributed by atoms with Gasteiger partial charge in [-0.2, -0.15) is 0 Å². The minimum atomic E-state index is -0.436. The zero-order valence-electron chi connectivity index (χ0n) is 10.8. The summed E-state index contributed by atoms with van der Waals surface area (Å²) in [4.78, 5) is 11.7. The van der Waals surface area contributed by atoms with Crippen molar-refractivity contribution in [2.24, 2.45) is 0 Å². The van der Waals surface area contributed by atoms with E-state index in [0.29, 0.717) is 15.2 Å². The summed E-state index contributed by atoms with van der Waals surface area (Å²) in [7, 11) is 0. The lowest BCUT2D eigenvalue weighted by atomic mass is 10.1. The van der Waals surface area contributed by atoms with Crippen molar-refractivity contribution < 1.29 is 9.53 Å². The second-order valence-electron chi connectivity index (χ2n) is 4.24. The maximum absolute atomic E-state index is 11.7. The Bertz CT molecular complexity index is 648. The van der Waals surface area contributed by atoms with E-state index in [0.717, 1.165) is 5.56 Å². The number of hydrogen-bond donors (Lipinski definition) is 0. The first-order valence-electron chi connectivity index (χ1n) is 5.96. The lowest BCUT2D eigenvalue weighted by Gasteiger charge is -2.04. The standard InChI is InChI=1S/C16H12BrClO2/c1-11-2-4-12(5-3-11)6-9-16(19)20-15-8-7-13(18)10-14(15)17/h2-10H,1H3/b9-6+. The third-order valence-electron chi connectivity index (χ3n) is 2.59. The zero-order valence-corrected chi connectivity index (χ0v) is 13.1. The molecular weight excluding hydrogens is 340 g/mol. The molecule has 2 aromatic rings. The SMILES string of the molecule is Cc1ccc(/C=C/C(=O)Oc2ccc(Cl)cc2Br)cc1. The fourth-order valence-electron chi connectivity index (χ4n) is 1.54. The molecular formula is C16H12BrClO2. The molecule has 0 unspecified atom stereocenters. The molecule has 0 radical (unpaired) electrons. The average Bonchev–Trinajstić information content (AvgIpc) is 2.41. The molecule has 0 bridgehead atoms. The van der Waals surface area contributed by atoms with Gasteiger partial charge in [-0.15, -0.1) is 0 Å². The number of halogens is 2. The Kier molecular flexibility index (Phi) is 4.99. The molecule has 0 aromatic heterocycles. The highest BCUT2D eigenvalue weighted by Gasteiger charge is 2.05. The van der Waals surface area contributed by atoms with Crippen molar-refractivity contribution in [1.29, 1.82) is 0 Å². The van der Waals surface area contributed by atoms with E-state index >= 15 is 0 Å². The molecule has 0 N–H and O–H groups in total. The van der Waals surface area contributed by atoms with Crippen LogP contribution in [0.4, 0.5) is 0 Å². The molecule has 2 nitrogen and oxygen atoms in total. The Labute approximate surface area is 131 Å². The van der Waals surface area contributed by atoms with Crippen molar-refractivity contribution in [2.75, 3.05) is 0 Å². The molecule has 0 atom stereocenters. The van der Waals surface area contributed by atoms with Gasteiger partial charge in [-0.3, -0.25) is 0 Å². The Morgan fingerprint density at radius 1 is 1.20 bits per heavy atom. The smallest absolute Gasteiger partial charge is 0.336 e. The highest BCUT2D eigenvalue weighted by Crippen LogP contribution is 2.28. The fourth-order valence-corrected chi connectivity index (χ4v) is 2.31. The third-order valence-corrected chi connectivity index (χ3v) is 3.45. The highest BCUT2D eigenvalue weighted by atomic mass is 79.9. The molecule has 0 aliphatic carbocycles. The minimum Gasteiger partial charge on any atom is -0.422 e. The molecule has 2 aromatic carbocycles. The number of aryl methyl sites for hydroxylation is 1. The van der Waals surface area contributed by atoms with Crippen molar-refractivity contribution in [2.45, 2.75) is 6.92 Å². The first-order chi connectivity index (χ1) is 9.54. The van der Waals surface area contributed by atoms with Gasteiger partial charge in [0.05, 0.1) is 4.47 Å². The van der Waals surface area contributed by atoms with E-state index in [9.17, 15) is 4.79 Å². The van der Waals surface area contributed by atoms with Gasteiger partial charge in [-0.05, 0) is 52.7 Å². The normalized spacial score (nSPS) is 10.8. The molecule has 0 amide bonds. The van der Waals surface area contributed by atoms with Crippen LogP contribution in [0.2, 0.25) is 5.02 Å². The van der Waals surface area contributed by atoms with E-state index in [1.165, 1.54) is 11.6 Å². The van der Waals surface area contributed by atoms with Crippen LogP contribution in [-0.2, 0) is 4.79 Å². The molecule has 0 saturated carbocycles. The van der Waals surface area contributed by atoms with Gasteiger partial charge in [-0.1, -0.05) is 41.4 Å². The summed E-state index contributed by atoms with van der Waals surface area (Å²) in [6.45, 7) is 2.01. The van der Waals surface area contributed by atoms with E-state index in [1.54, 1.807) is 24.3 Å². The van der Waals surface area contributed by atoms with Gasteiger partial charge in [0.25, 0.3) is 0 Å². The van der Waals surface area contributed by atoms with Crippen LogP contribution in [0.1, 0.15) is 11.1 Å². The molecule has 102 valence electrons. The van der Waals surface area contributed by atoms with Gasteiger partial charge in [0.2, 0.25) is 0 Å². The summed E-state index contributed by atoms with van der Waals surface area (Å²) in [6.07, 6.45) is 3.11. The van der Waals surface area contributed by atoms with Crippen LogP contribution in [0, 0.1) is 6.92 Å². The van der Waals surface area contributed by atoms with Crippen molar-refractivity contribution in [3.8, 4) is 5.75 Å². The summed E-state index contributed by atoms with van der Waals surface area (Å²) in [5.41, 5.74) is 2.12. The van der Waals surface area contributed by atoms with Crippen molar-refractivity contribution in [3.63, 3.8) is 0 Å². The van der Waals surface area contributed by atoms with Crippen molar-refractivity contribution in [3.05, 3.63) is 69.2 Å². The fraction of sp³-hybridized carbons (Fsp3) is 0.0625. The Morgan fingerprint density at radius 2 is 1.90 bits per heavy atom. The van der Waals surface area contributed by atoms with Crippen LogP contribution in [0.5, 0.6) is 5.75 Å². The second-order valence-corrected chi connectivity index (χ2v) is 5.53. The average molecular weight is 352 g/mol. The van der Waals surface area contributed by atoms with Gasteiger partial charge < -0.3 is 4.74 Å². The Balaban J connectivity index is 2.03. The van der Waals surface area contributed by atoms with E-state index in [-0.39, 0.29) is 0 Å². The number of benzene rings is 2. The second kappa shape index (κ2) is 6.73. The predicted octanol–water partition coefficient (Wildman–Crippen LogP) is 5.03. The first-order valence-corrected chi connectivity index (χ1v) is 7.13. The van der Waals surface area contributed by atoms with E-state index in [4.69, 9.17) is 16.3 Å². The number of esters is 1. The number of carbonyl (C=O) groups excluding carboxylic acids is 1. The summed E-state index contributed by atoms with van der Waals surface area (Å²) in [5, 5.41) is 0.576. The summed E-state index contributed by atoms with van der Waals surface area (Å²) in [5.74, 6) is 0.00144. The maximum Gasteiger partial charge on any atom is 0.336 e. The highest BCUT2D eigenvalue weighted by molar-refractivity contribution is 9.10. The molecule has 2 rings (SSSR count). The van der Waals surface area contributed by atoms with Gasteiger partial charge in [0, 0.05) is 11.1 Å². The number of hydrogen-bond acceptors (Lipinski definition) is 2. The molecule has 0 fully saturated rings. The Morgan fingerprint density at radius 3 is 2.55 bits per heavy atom. The molecule has 20 heavy (non-hydrogen) atoms. The molecule has 0 aliphatic heterocycles. The lowest BCUT2D eigenvalue weighted by molar-refractivity contribution is -0.128. The topological polar surface area (TPSA) is 26.3 Å². The molecule has 0 spiro atoms. The van der Waals surface area contributed by atoms with Gasteiger partial charge >= 0.3 is 5.97 Å². The lowest BCUT2D eigenvalue weighted by Crippen LogP contribution is -2.04. The maximum atomic E-state index is 11.7. The summed E-state index contributed by atoms with van der Waals surface area (Å²) < 4.78 is 5.86. The van der Waals surface area contributed by atoms with Crippen LogP contribution >= 0.6 is 27.5 Å². The van der Waals surface area contributed by atoms with Crippen molar-refractivity contribution in [1.82, 2.24) is 0 Å². The van der Waals surface area contributed by atoms with Gasteiger partial charge in [-0.25, -0.2) is 4.79 Å². The van der Waals surface area contributed by atoms with Crippen LogP contribution in [0.25, 0.3) is 6.08 Å². The monoisotopic (exact) mass is 350 g/mol. The molecule has 0 aliphatic rings. The molecule has 0 heterocycles. The first kappa shape index (κ1) is 14.8. The van der Waals surface area contributed by atoms with E-state index in [1.807, 2.05) is 31.2 Å². The quantitative estimate of drug-likeness (QED) is 0.440. The Hall–Kier alpha value is -1.58. The largest absolute Gasteiger partial charge is 0.422 e. The summed E-state index contributed by atoms with van der Waals surface area (Å²) >= 11 is 9.12. The van der Waals surface area contributed by atoms with Gasteiger partial charge in [0.15, 0.2) is 0 Å². The van der Waals surface area contributed by atoms with Crippen molar-refractivity contribution >= 4 is 39.6 Å². The third kappa shape index (κ3) is 4.22. The van der Waals surface area contributed by atoms with Crippen LogP contribution < -0.4 is 4.74 Å². The van der Waals surface area contributed by atoms with Crippen LogP contribution in [-0.4, -0.2) is 5.97 Å². The van der Waals surface area contributed by atoms with Crippen LogP contribution in [0.15, 0.2) is 53.0 Å². The van der Waals surface area contributed by atoms with Crippen LogP contribution in [0.3, 0.4) is 0 Å². The predicted molar refractivity (Wildman–Crippen MR) is 85.0 cm³/mol. The molecule has 4 heteroatoms. The minimum absolute atomic E-state index is 0.436. The molecule has 0 saturated heterocycles. The number of carbonyl (C=O) groups is 1. The number of rotatable bonds is 3. The zero-order chi connectivity index (χ0) is 14.5. The van der Waals surface area contributed by atoms with E-state index < -0.39 is 5.97 Å². The summed E-state index contributed by atoms with van der Waals surface area (Å²) in [6, 6.07) is 12.8. The van der Waals surface area contributed by atoms with Gasteiger partial charge in [0.1, 0.15) is 5.75 Å². The number of ether oxygens (including phenoxy) is 1.